The Hall–Kier alpha value is -3.00. The van der Waals surface area contributed by atoms with E-state index in [1.54, 1.807) is 12.4 Å². The molecule has 0 saturated heterocycles. The molecule has 0 aromatic carbocycles. The highest BCUT2D eigenvalue weighted by Crippen LogP contribution is 2.27. The van der Waals surface area contributed by atoms with Gasteiger partial charge in [-0.25, -0.2) is 9.50 Å². The molecule has 3 N–H and O–H groups in total. The molecule has 0 amide bonds. The predicted octanol–water partition coefficient (Wildman–Crippen LogP) is 3.63. The zero-order valence-corrected chi connectivity index (χ0v) is 18.2. The van der Waals surface area contributed by atoms with Crippen molar-refractivity contribution in [3.8, 4) is 11.3 Å². The molecule has 4 rings (SSSR count). The average molecular weight is 422 g/mol. The van der Waals surface area contributed by atoms with Crippen LogP contribution in [0.4, 0.5) is 0 Å². The summed E-state index contributed by atoms with van der Waals surface area (Å²) in [7, 11) is 0. The molecule has 164 valence electrons. The highest BCUT2D eigenvalue weighted by molar-refractivity contribution is 6.09. The lowest BCUT2D eigenvalue weighted by Crippen LogP contribution is -2.20. The molecular formula is C23H31N7O. The van der Waals surface area contributed by atoms with E-state index in [1.165, 1.54) is 6.20 Å². The van der Waals surface area contributed by atoms with Crippen LogP contribution < -0.4 is 5.73 Å². The summed E-state index contributed by atoms with van der Waals surface area (Å²) in [5.74, 6) is 0. The summed E-state index contributed by atoms with van der Waals surface area (Å²) < 4.78 is 3.84. The summed E-state index contributed by atoms with van der Waals surface area (Å²) >= 11 is 0. The summed E-state index contributed by atoms with van der Waals surface area (Å²) in [6.07, 6.45) is 16.2. The van der Waals surface area contributed by atoms with E-state index in [0.29, 0.717) is 11.7 Å². The van der Waals surface area contributed by atoms with Gasteiger partial charge in [0.15, 0.2) is 0 Å². The largest absolute Gasteiger partial charge is 0.404 e. The molecule has 31 heavy (non-hydrogen) atoms. The van der Waals surface area contributed by atoms with Crippen molar-refractivity contribution in [2.24, 2.45) is 10.7 Å². The second-order valence-electron chi connectivity index (χ2n) is 8.18. The first-order valence-electron chi connectivity index (χ1n) is 11.1. The maximum atomic E-state index is 9.71. The fourth-order valence-electron chi connectivity index (χ4n) is 4.19. The molecule has 8 nitrogen and oxygen atoms in total. The minimum absolute atomic E-state index is 0.191. The monoisotopic (exact) mass is 421 g/mol. The first-order valence-corrected chi connectivity index (χ1v) is 11.1. The van der Waals surface area contributed by atoms with Crippen LogP contribution in [0.1, 0.15) is 64.1 Å². The molecule has 1 aliphatic rings. The Kier molecular flexibility index (Phi) is 6.46. The minimum Gasteiger partial charge on any atom is -0.404 e. The molecular weight excluding hydrogens is 390 g/mol. The van der Waals surface area contributed by atoms with Crippen molar-refractivity contribution < 1.29 is 5.11 Å². The zero-order valence-electron chi connectivity index (χ0n) is 18.2. The van der Waals surface area contributed by atoms with Crippen LogP contribution in [0.3, 0.4) is 0 Å². The van der Waals surface area contributed by atoms with Crippen LogP contribution in [-0.2, 0) is 0 Å². The molecule has 1 aliphatic carbocycles. The Morgan fingerprint density at radius 1 is 1.23 bits per heavy atom. The number of hydrogen-bond donors (Lipinski definition) is 2. The van der Waals surface area contributed by atoms with Gasteiger partial charge in [-0.05, 0) is 44.6 Å². The molecule has 0 bridgehead atoms. The Labute approximate surface area is 182 Å². The van der Waals surface area contributed by atoms with Crippen molar-refractivity contribution in [3.05, 3.63) is 42.7 Å². The summed E-state index contributed by atoms with van der Waals surface area (Å²) in [6, 6.07) is 2.54. The molecule has 3 aromatic rings. The van der Waals surface area contributed by atoms with E-state index in [9.17, 15) is 5.11 Å². The SMILES string of the molecule is CCC(CC)n1cc(-c2nc(C(C=NC3CCC(O)CC3)=CN)cn3nccc23)cn1. The number of aliphatic imine (C=N–C) groups is 1. The van der Waals surface area contributed by atoms with Crippen molar-refractivity contribution in [1.29, 1.82) is 0 Å². The van der Waals surface area contributed by atoms with Crippen LogP contribution in [-0.4, -0.2) is 47.8 Å². The number of fused-ring (bicyclic) bond motifs is 1. The highest BCUT2D eigenvalue weighted by atomic mass is 16.3. The van der Waals surface area contributed by atoms with E-state index < -0.39 is 0 Å². The zero-order chi connectivity index (χ0) is 21.8. The molecule has 1 fully saturated rings. The maximum absolute atomic E-state index is 9.71. The fourth-order valence-corrected chi connectivity index (χ4v) is 4.19. The normalized spacial score (nSPS) is 20.3. The Bertz CT molecular complexity index is 1070. The fraction of sp³-hybridized carbons (Fsp3) is 0.478. The number of aliphatic hydroxyl groups is 1. The van der Waals surface area contributed by atoms with Crippen molar-refractivity contribution in [2.75, 3.05) is 0 Å². The number of aliphatic hydroxyl groups excluding tert-OH is 1. The van der Waals surface area contributed by atoms with Gasteiger partial charge in [0.2, 0.25) is 0 Å². The molecule has 3 aromatic heterocycles. The molecule has 1 saturated carbocycles. The van der Waals surface area contributed by atoms with Gasteiger partial charge in [-0.15, -0.1) is 0 Å². The summed E-state index contributed by atoms with van der Waals surface area (Å²) in [6.45, 7) is 4.35. The van der Waals surface area contributed by atoms with Crippen LogP contribution in [0.5, 0.6) is 0 Å². The molecule has 3 heterocycles. The van der Waals surface area contributed by atoms with Crippen LogP contribution in [0, 0.1) is 0 Å². The number of hydrogen-bond acceptors (Lipinski definition) is 6. The number of allylic oxidation sites excluding steroid dienone is 1. The van der Waals surface area contributed by atoms with Crippen LogP contribution in [0.2, 0.25) is 0 Å². The van der Waals surface area contributed by atoms with Gasteiger partial charge in [-0.3, -0.25) is 9.67 Å². The lowest BCUT2D eigenvalue weighted by atomic mass is 9.93. The van der Waals surface area contributed by atoms with Crippen molar-refractivity contribution in [3.63, 3.8) is 0 Å². The van der Waals surface area contributed by atoms with Gasteiger partial charge >= 0.3 is 0 Å². The van der Waals surface area contributed by atoms with Gasteiger partial charge in [0, 0.05) is 29.7 Å². The van der Waals surface area contributed by atoms with E-state index in [4.69, 9.17) is 15.7 Å². The third-order valence-corrected chi connectivity index (χ3v) is 6.15. The molecule has 8 heteroatoms. The van der Waals surface area contributed by atoms with Crippen LogP contribution in [0.15, 0.2) is 42.0 Å². The van der Waals surface area contributed by atoms with Gasteiger partial charge in [0.25, 0.3) is 0 Å². The Morgan fingerprint density at radius 3 is 2.71 bits per heavy atom. The molecule has 0 unspecified atom stereocenters. The van der Waals surface area contributed by atoms with Gasteiger partial charge in [0.05, 0.1) is 53.7 Å². The van der Waals surface area contributed by atoms with E-state index in [0.717, 1.165) is 60.9 Å². The lowest BCUT2D eigenvalue weighted by Gasteiger charge is -2.22. The van der Waals surface area contributed by atoms with Crippen LogP contribution >= 0.6 is 0 Å². The quantitative estimate of drug-likeness (QED) is 0.567. The number of nitrogens with zero attached hydrogens (tertiary/aromatic N) is 6. The molecule has 0 spiro atoms. The van der Waals surface area contributed by atoms with E-state index in [-0.39, 0.29) is 12.1 Å². The highest BCUT2D eigenvalue weighted by Gasteiger charge is 2.19. The van der Waals surface area contributed by atoms with E-state index >= 15 is 0 Å². The van der Waals surface area contributed by atoms with Crippen molar-refractivity contribution in [1.82, 2.24) is 24.4 Å². The molecule has 0 atom stereocenters. The second-order valence-corrected chi connectivity index (χ2v) is 8.18. The average Bonchev–Trinajstić information content (AvgIpc) is 3.46. The Balaban J connectivity index is 1.66. The Morgan fingerprint density at radius 2 is 2.00 bits per heavy atom. The van der Waals surface area contributed by atoms with Gasteiger partial charge < -0.3 is 10.8 Å². The summed E-state index contributed by atoms with van der Waals surface area (Å²) in [4.78, 5) is 9.64. The third-order valence-electron chi connectivity index (χ3n) is 6.15. The topological polar surface area (TPSA) is 107 Å². The maximum Gasteiger partial charge on any atom is 0.0999 e. The number of aromatic nitrogens is 5. The third kappa shape index (κ3) is 4.54. The van der Waals surface area contributed by atoms with E-state index in [2.05, 4.69) is 30.2 Å². The first-order chi connectivity index (χ1) is 15.1. The number of rotatable bonds is 7. The van der Waals surface area contributed by atoms with Gasteiger partial charge in [-0.2, -0.15) is 10.2 Å². The molecule has 0 radical (unpaired) electrons. The predicted molar refractivity (Wildman–Crippen MR) is 123 cm³/mol. The standard InChI is InChI=1S/C23H31N7O/c1-3-19(4-2)29-14-17(13-27-29)23-22-9-10-26-30(22)15-21(28-23)16(11-24)12-25-18-5-7-20(31)8-6-18/h9-15,18-20,31H,3-8,24H2,1-2H3. The summed E-state index contributed by atoms with van der Waals surface area (Å²) in [5.41, 5.74) is 10.1. The second kappa shape index (κ2) is 9.43. The number of nitrogens with two attached hydrogens (primary N) is 1. The smallest absolute Gasteiger partial charge is 0.0999 e. The van der Waals surface area contributed by atoms with Gasteiger partial charge in [-0.1, -0.05) is 13.8 Å². The van der Waals surface area contributed by atoms with E-state index in [1.807, 2.05) is 27.7 Å². The summed E-state index contributed by atoms with van der Waals surface area (Å²) in [5, 5.41) is 18.7. The van der Waals surface area contributed by atoms with Crippen LogP contribution in [0.25, 0.3) is 22.3 Å². The van der Waals surface area contributed by atoms with Crippen molar-refractivity contribution in [2.45, 2.75) is 70.6 Å². The van der Waals surface area contributed by atoms with Gasteiger partial charge in [0.1, 0.15) is 0 Å². The molecule has 0 aliphatic heterocycles. The first kappa shape index (κ1) is 21.2. The lowest BCUT2D eigenvalue weighted by molar-refractivity contribution is 0.123. The minimum atomic E-state index is -0.191. The van der Waals surface area contributed by atoms with Crippen molar-refractivity contribution >= 4 is 17.3 Å².